The summed E-state index contributed by atoms with van der Waals surface area (Å²) < 4.78 is 16.2. The minimum absolute atomic E-state index is 0. The molecule has 3 rings (SSSR count). The van der Waals surface area contributed by atoms with Crippen molar-refractivity contribution in [1.82, 2.24) is 10.2 Å². The first-order chi connectivity index (χ1) is 14.6. The van der Waals surface area contributed by atoms with E-state index in [4.69, 9.17) is 14.2 Å². The molecule has 1 aromatic rings. The molecule has 0 atom stereocenters. The first kappa shape index (κ1) is 25.7. The standard InChI is InChI=1S/C23H35N3O4.HI/c1-4-30-20-7-5-19(6-8-20)23(11-15-29-16-12-23)17-25-22(24-2)26-13-9-18(10-14-26)21(27)28-3;/h5-8,18H,4,9-17H2,1-3H3,(H,24,25);1H. The Morgan fingerprint density at radius 1 is 1.23 bits per heavy atom. The fraction of sp³-hybridized carbons (Fsp3) is 0.652. The van der Waals surface area contributed by atoms with Crippen molar-refractivity contribution in [2.24, 2.45) is 10.9 Å². The minimum atomic E-state index is -0.103. The van der Waals surface area contributed by atoms with E-state index in [1.165, 1.54) is 12.7 Å². The number of guanidine groups is 1. The minimum Gasteiger partial charge on any atom is -0.494 e. The molecule has 0 radical (unpaired) electrons. The zero-order chi connectivity index (χ0) is 21.4. The summed E-state index contributed by atoms with van der Waals surface area (Å²) in [7, 11) is 3.28. The van der Waals surface area contributed by atoms with Crippen molar-refractivity contribution in [3.8, 4) is 5.75 Å². The second-order valence-corrected chi connectivity index (χ2v) is 8.04. The number of hydrogen-bond donors (Lipinski definition) is 1. The van der Waals surface area contributed by atoms with Crippen LogP contribution in [0.5, 0.6) is 5.75 Å². The van der Waals surface area contributed by atoms with Gasteiger partial charge in [-0.15, -0.1) is 24.0 Å². The second-order valence-electron chi connectivity index (χ2n) is 8.04. The number of esters is 1. The fourth-order valence-electron chi connectivity index (χ4n) is 4.48. The van der Waals surface area contributed by atoms with Crippen LogP contribution in [0.1, 0.15) is 38.2 Å². The van der Waals surface area contributed by atoms with Gasteiger partial charge in [0.2, 0.25) is 0 Å². The van der Waals surface area contributed by atoms with Gasteiger partial charge in [0.25, 0.3) is 0 Å². The highest BCUT2D eigenvalue weighted by atomic mass is 127. The molecule has 7 nitrogen and oxygen atoms in total. The highest BCUT2D eigenvalue weighted by Gasteiger charge is 2.35. The number of carbonyl (C=O) groups excluding carboxylic acids is 1. The number of nitrogens with one attached hydrogen (secondary N) is 1. The van der Waals surface area contributed by atoms with E-state index in [-0.39, 0.29) is 41.3 Å². The van der Waals surface area contributed by atoms with Crippen molar-refractivity contribution in [2.75, 3.05) is 53.6 Å². The van der Waals surface area contributed by atoms with Gasteiger partial charge in [-0.05, 0) is 50.3 Å². The van der Waals surface area contributed by atoms with Crippen molar-refractivity contribution >= 4 is 35.9 Å². The molecule has 0 spiro atoms. The predicted octanol–water partition coefficient (Wildman–Crippen LogP) is 3.21. The predicted molar refractivity (Wildman–Crippen MR) is 132 cm³/mol. The molecule has 0 amide bonds. The number of rotatable bonds is 6. The van der Waals surface area contributed by atoms with Crippen molar-refractivity contribution in [1.29, 1.82) is 0 Å². The van der Waals surface area contributed by atoms with E-state index >= 15 is 0 Å². The van der Waals surface area contributed by atoms with Crippen LogP contribution >= 0.6 is 24.0 Å². The normalized spacial score (nSPS) is 19.3. The van der Waals surface area contributed by atoms with Crippen molar-refractivity contribution < 1.29 is 19.0 Å². The molecule has 2 saturated heterocycles. The highest BCUT2D eigenvalue weighted by Crippen LogP contribution is 2.35. The maximum atomic E-state index is 11.8. The fourth-order valence-corrected chi connectivity index (χ4v) is 4.48. The van der Waals surface area contributed by atoms with Crippen LogP contribution in [0.2, 0.25) is 0 Å². The first-order valence-electron chi connectivity index (χ1n) is 11.0. The Morgan fingerprint density at radius 2 is 1.87 bits per heavy atom. The third-order valence-corrected chi connectivity index (χ3v) is 6.35. The number of carbonyl (C=O) groups is 1. The molecule has 2 aliphatic heterocycles. The molecule has 1 N–H and O–H groups in total. The molecule has 174 valence electrons. The van der Waals surface area contributed by atoms with Gasteiger partial charge in [-0.2, -0.15) is 0 Å². The molecule has 2 heterocycles. The SMILES string of the molecule is CCOc1ccc(C2(CNC(=NC)N3CCC(C(=O)OC)CC3)CCOCC2)cc1.I. The Balaban J connectivity index is 0.00000341. The summed E-state index contributed by atoms with van der Waals surface area (Å²) in [4.78, 5) is 18.6. The number of hydrogen-bond acceptors (Lipinski definition) is 5. The third kappa shape index (κ3) is 6.47. The number of nitrogens with zero attached hydrogens (tertiary/aromatic N) is 2. The first-order valence-corrected chi connectivity index (χ1v) is 11.0. The Kier molecular flexibility index (Phi) is 10.3. The van der Waals surface area contributed by atoms with Gasteiger partial charge in [-0.25, -0.2) is 0 Å². The van der Waals surface area contributed by atoms with Crippen molar-refractivity contribution in [3.05, 3.63) is 29.8 Å². The van der Waals surface area contributed by atoms with Crippen LogP contribution < -0.4 is 10.1 Å². The van der Waals surface area contributed by atoms with Crippen molar-refractivity contribution in [3.63, 3.8) is 0 Å². The smallest absolute Gasteiger partial charge is 0.308 e. The lowest BCUT2D eigenvalue weighted by Gasteiger charge is -2.40. The number of likely N-dealkylation sites (tertiary alicyclic amines) is 1. The average Bonchev–Trinajstić information content (AvgIpc) is 2.80. The molecule has 8 heteroatoms. The van der Waals surface area contributed by atoms with Gasteiger partial charge < -0.3 is 24.4 Å². The number of halogens is 1. The van der Waals surface area contributed by atoms with Gasteiger partial charge in [-0.3, -0.25) is 9.79 Å². The van der Waals surface area contributed by atoms with Gasteiger partial charge in [0, 0.05) is 45.3 Å². The Morgan fingerprint density at radius 3 is 2.42 bits per heavy atom. The maximum Gasteiger partial charge on any atom is 0.308 e. The van der Waals surface area contributed by atoms with Gasteiger partial charge in [0.15, 0.2) is 5.96 Å². The van der Waals surface area contributed by atoms with Gasteiger partial charge >= 0.3 is 5.97 Å². The van der Waals surface area contributed by atoms with Crippen LogP contribution in [-0.2, 0) is 19.7 Å². The molecule has 0 saturated carbocycles. The molecule has 2 aliphatic rings. The molecule has 31 heavy (non-hydrogen) atoms. The number of benzene rings is 1. The quantitative estimate of drug-likeness (QED) is 0.256. The molecule has 2 fully saturated rings. The molecule has 1 aromatic carbocycles. The topological polar surface area (TPSA) is 72.4 Å². The summed E-state index contributed by atoms with van der Waals surface area (Å²) in [5, 5.41) is 3.62. The van der Waals surface area contributed by atoms with E-state index in [9.17, 15) is 4.79 Å². The van der Waals surface area contributed by atoms with E-state index in [1.807, 2.05) is 14.0 Å². The summed E-state index contributed by atoms with van der Waals surface area (Å²) in [5.74, 6) is 1.69. The van der Waals surface area contributed by atoms with Gasteiger partial charge in [0.1, 0.15) is 5.75 Å². The van der Waals surface area contributed by atoms with E-state index in [0.29, 0.717) is 6.61 Å². The van der Waals surface area contributed by atoms with E-state index < -0.39 is 0 Å². The van der Waals surface area contributed by atoms with Gasteiger partial charge in [0.05, 0.1) is 19.6 Å². The largest absolute Gasteiger partial charge is 0.494 e. The van der Waals surface area contributed by atoms with E-state index in [2.05, 4.69) is 39.5 Å². The van der Waals surface area contributed by atoms with E-state index in [1.54, 1.807) is 0 Å². The molecular weight excluding hydrogens is 509 g/mol. The Labute approximate surface area is 202 Å². The maximum absolute atomic E-state index is 11.8. The highest BCUT2D eigenvalue weighted by molar-refractivity contribution is 14.0. The number of aliphatic imine (C=N–C) groups is 1. The summed E-state index contributed by atoms with van der Waals surface area (Å²) in [5.41, 5.74) is 1.31. The lowest BCUT2D eigenvalue weighted by Crippen LogP contribution is -2.51. The summed E-state index contributed by atoms with van der Waals surface area (Å²) in [6.07, 6.45) is 3.53. The number of ether oxygens (including phenoxy) is 3. The molecule has 0 bridgehead atoms. The summed E-state index contributed by atoms with van der Waals surface area (Å²) in [6.45, 7) is 6.60. The van der Waals surface area contributed by atoms with Crippen LogP contribution in [0.3, 0.4) is 0 Å². The Hall–Kier alpha value is -1.55. The number of methoxy groups -OCH3 is 1. The third-order valence-electron chi connectivity index (χ3n) is 6.35. The van der Waals surface area contributed by atoms with Gasteiger partial charge in [-0.1, -0.05) is 12.1 Å². The van der Waals surface area contributed by atoms with Crippen molar-refractivity contribution in [2.45, 2.75) is 38.0 Å². The lowest BCUT2D eigenvalue weighted by molar-refractivity contribution is -0.146. The van der Waals surface area contributed by atoms with Crippen LogP contribution in [0.25, 0.3) is 0 Å². The lowest BCUT2D eigenvalue weighted by atomic mass is 9.74. The Bertz CT molecular complexity index is 712. The molecular formula is C23H36IN3O4. The molecule has 0 aromatic heterocycles. The monoisotopic (exact) mass is 545 g/mol. The van der Waals surface area contributed by atoms with Crippen LogP contribution in [-0.4, -0.2) is 70.4 Å². The zero-order valence-corrected chi connectivity index (χ0v) is 21.2. The molecule has 0 aliphatic carbocycles. The van der Waals surface area contributed by atoms with Crippen LogP contribution in [0.15, 0.2) is 29.3 Å². The van der Waals surface area contributed by atoms with Crippen LogP contribution in [0, 0.1) is 5.92 Å². The molecule has 0 unspecified atom stereocenters. The second kappa shape index (κ2) is 12.5. The summed E-state index contributed by atoms with van der Waals surface area (Å²) >= 11 is 0. The number of piperidine rings is 1. The van der Waals surface area contributed by atoms with Crippen LogP contribution in [0.4, 0.5) is 0 Å². The summed E-state index contributed by atoms with van der Waals surface area (Å²) in [6, 6.07) is 8.48. The van der Waals surface area contributed by atoms with E-state index in [0.717, 1.165) is 70.2 Å². The zero-order valence-electron chi connectivity index (χ0n) is 18.9. The average molecular weight is 545 g/mol.